The van der Waals surface area contributed by atoms with Gasteiger partial charge in [-0.15, -0.1) is 0 Å². The number of hydrogen-bond acceptors (Lipinski definition) is 3. The Morgan fingerprint density at radius 3 is 2.44 bits per heavy atom. The molecule has 1 aromatic carbocycles. The van der Waals surface area contributed by atoms with E-state index >= 15 is 0 Å². The summed E-state index contributed by atoms with van der Waals surface area (Å²) in [6.45, 7) is 1.16. The van der Waals surface area contributed by atoms with Gasteiger partial charge in [0.25, 0.3) is 0 Å². The van der Waals surface area contributed by atoms with Crippen LogP contribution < -0.4 is 10.6 Å². The van der Waals surface area contributed by atoms with Gasteiger partial charge in [-0.05, 0) is 49.4 Å². The normalized spacial score (nSPS) is 16.0. The predicted molar refractivity (Wildman–Crippen MR) is 88.8 cm³/mol. The Bertz CT molecular complexity index is 526. The Morgan fingerprint density at radius 1 is 1.16 bits per heavy atom. The maximum Gasteiger partial charge on any atom is 0.411 e. The molecule has 0 aliphatic carbocycles. The quantitative estimate of drug-likeness (QED) is 0.751. The maximum absolute atomic E-state index is 12.0. The molecule has 1 aliphatic heterocycles. The number of amides is 1. The summed E-state index contributed by atoms with van der Waals surface area (Å²) < 4.78 is 40.6. The number of hydrogen-bond donors (Lipinski definition) is 2. The van der Waals surface area contributed by atoms with Gasteiger partial charge in [0.05, 0.1) is 6.61 Å². The molecule has 1 aromatic rings. The van der Waals surface area contributed by atoms with Crippen LogP contribution in [0, 0.1) is 5.92 Å². The Hall–Kier alpha value is -1.60. The minimum absolute atomic E-state index is 0.0381. The van der Waals surface area contributed by atoms with Crippen LogP contribution in [0.25, 0.3) is 0 Å². The summed E-state index contributed by atoms with van der Waals surface area (Å²) in [5.41, 5.74) is 1.58. The van der Waals surface area contributed by atoms with Crippen LogP contribution in [0.15, 0.2) is 24.3 Å². The van der Waals surface area contributed by atoms with Crippen LogP contribution in [0.5, 0.6) is 0 Å². The van der Waals surface area contributed by atoms with Crippen LogP contribution in [-0.4, -0.2) is 31.8 Å². The van der Waals surface area contributed by atoms with E-state index in [4.69, 9.17) is 0 Å². The Morgan fingerprint density at radius 2 is 1.80 bits per heavy atom. The van der Waals surface area contributed by atoms with E-state index in [1.807, 2.05) is 0 Å². The van der Waals surface area contributed by atoms with Crippen LogP contribution in [0.4, 0.5) is 13.2 Å². The molecule has 4 nitrogen and oxygen atoms in total. The van der Waals surface area contributed by atoms with Gasteiger partial charge in [-0.25, -0.2) is 0 Å². The molecule has 0 bridgehead atoms. The third-order valence-corrected chi connectivity index (χ3v) is 4.29. The third kappa shape index (κ3) is 8.36. The Balaban J connectivity index is 1.64. The second kappa shape index (κ2) is 9.77. The summed E-state index contributed by atoms with van der Waals surface area (Å²) in [5.74, 6) is 0.666. The highest BCUT2D eigenvalue weighted by atomic mass is 19.4. The number of carbonyl (C=O) groups is 1. The molecule has 0 atom stereocenters. The second-order valence-corrected chi connectivity index (χ2v) is 6.43. The number of halogens is 3. The van der Waals surface area contributed by atoms with Gasteiger partial charge >= 0.3 is 6.18 Å². The number of carbonyl (C=O) groups excluding carboxylic acids is 1. The second-order valence-electron chi connectivity index (χ2n) is 6.43. The molecule has 1 aliphatic rings. The smallest absolute Gasteiger partial charge is 0.367 e. The molecule has 2 rings (SSSR count). The minimum Gasteiger partial charge on any atom is -0.367 e. The van der Waals surface area contributed by atoms with Crippen molar-refractivity contribution in [3.05, 3.63) is 35.4 Å². The summed E-state index contributed by atoms with van der Waals surface area (Å²) in [6, 6.07) is 7.01. The number of rotatable bonds is 8. The van der Waals surface area contributed by atoms with Crippen molar-refractivity contribution in [2.45, 2.75) is 45.0 Å². The fourth-order valence-corrected chi connectivity index (χ4v) is 2.83. The largest absolute Gasteiger partial charge is 0.411 e. The zero-order valence-electron chi connectivity index (χ0n) is 14.2. The number of piperidine rings is 1. The van der Waals surface area contributed by atoms with E-state index in [2.05, 4.69) is 15.4 Å². The van der Waals surface area contributed by atoms with Gasteiger partial charge in [-0.3, -0.25) is 4.79 Å². The lowest BCUT2D eigenvalue weighted by molar-refractivity contribution is -0.176. The van der Waals surface area contributed by atoms with E-state index in [9.17, 15) is 18.0 Å². The van der Waals surface area contributed by atoms with Gasteiger partial charge in [0.1, 0.15) is 6.61 Å². The van der Waals surface area contributed by atoms with Crippen molar-refractivity contribution in [2.75, 3.05) is 19.7 Å². The van der Waals surface area contributed by atoms with Crippen molar-refractivity contribution in [2.24, 2.45) is 5.92 Å². The lowest BCUT2D eigenvalue weighted by Crippen LogP contribution is -2.29. The molecule has 25 heavy (non-hydrogen) atoms. The maximum atomic E-state index is 12.0. The zero-order valence-corrected chi connectivity index (χ0v) is 14.2. The van der Waals surface area contributed by atoms with E-state index in [1.165, 1.54) is 0 Å². The van der Waals surface area contributed by atoms with Crippen molar-refractivity contribution in [3.8, 4) is 0 Å². The van der Waals surface area contributed by atoms with E-state index < -0.39 is 12.8 Å². The molecule has 1 amide bonds. The molecule has 0 radical (unpaired) electrons. The highest BCUT2D eigenvalue weighted by Crippen LogP contribution is 2.18. The van der Waals surface area contributed by atoms with Crippen molar-refractivity contribution in [1.82, 2.24) is 10.6 Å². The molecular formula is C18H25F3N2O2. The fourth-order valence-electron chi connectivity index (χ4n) is 2.83. The van der Waals surface area contributed by atoms with Gasteiger partial charge < -0.3 is 15.4 Å². The van der Waals surface area contributed by atoms with E-state index in [0.717, 1.165) is 37.9 Å². The minimum atomic E-state index is -4.31. The molecular weight excluding hydrogens is 333 g/mol. The average Bonchev–Trinajstić information content (AvgIpc) is 2.59. The first-order chi connectivity index (χ1) is 11.9. The molecule has 0 aromatic heterocycles. The van der Waals surface area contributed by atoms with Gasteiger partial charge in [0.2, 0.25) is 5.91 Å². The van der Waals surface area contributed by atoms with Gasteiger partial charge in [-0.1, -0.05) is 24.3 Å². The number of benzene rings is 1. The SMILES string of the molecule is O=C(CCC1CCNCC1)NCc1ccc(COCC(F)(F)F)cc1. The van der Waals surface area contributed by atoms with Crippen molar-refractivity contribution in [1.29, 1.82) is 0 Å². The van der Waals surface area contributed by atoms with Gasteiger partial charge in [0, 0.05) is 13.0 Å². The summed E-state index contributed by atoms with van der Waals surface area (Å²) in [6.07, 6.45) is -0.592. The van der Waals surface area contributed by atoms with Crippen LogP contribution in [0.3, 0.4) is 0 Å². The van der Waals surface area contributed by atoms with Gasteiger partial charge in [0.15, 0.2) is 0 Å². The van der Waals surface area contributed by atoms with Crippen molar-refractivity contribution < 1.29 is 22.7 Å². The predicted octanol–water partition coefficient (Wildman–Crippen LogP) is 3.16. The topological polar surface area (TPSA) is 50.4 Å². The molecule has 0 spiro atoms. The summed E-state index contributed by atoms with van der Waals surface area (Å²) >= 11 is 0. The number of alkyl halides is 3. The third-order valence-electron chi connectivity index (χ3n) is 4.29. The zero-order chi connectivity index (χ0) is 18.1. The van der Waals surface area contributed by atoms with Crippen LogP contribution >= 0.6 is 0 Å². The first kappa shape index (κ1) is 19.7. The standard InChI is InChI=1S/C18H25F3N2O2/c19-18(20,21)13-25-12-16-3-1-15(2-4-16)11-23-17(24)6-5-14-7-9-22-10-8-14/h1-4,14,22H,5-13H2,(H,23,24). The summed E-state index contributed by atoms with van der Waals surface area (Å²) in [5, 5.41) is 6.19. The van der Waals surface area contributed by atoms with Gasteiger partial charge in [-0.2, -0.15) is 13.2 Å². The number of nitrogens with one attached hydrogen (secondary N) is 2. The molecule has 140 valence electrons. The molecule has 7 heteroatoms. The Kier molecular flexibility index (Phi) is 7.71. The Labute approximate surface area is 146 Å². The molecule has 1 heterocycles. The van der Waals surface area contributed by atoms with E-state index in [1.54, 1.807) is 24.3 Å². The molecule has 1 fully saturated rings. The summed E-state index contributed by atoms with van der Waals surface area (Å²) in [7, 11) is 0. The lowest BCUT2D eigenvalue weighted by Gasteiger charge is -2.22. The molecule has 2 N–H and O–H groups in total. The number of ether oxygens (including phenoxy) is 1. The lowest BCUT2D eigenvalue weighted by atomic mass is 9.93. The van der Waals surface area contributed by atoms with Crippen LogP contribution in [0.2, 0.25) is 0 Å². The highest BCUT2D eigenvalue weighted by molar-refractivity contribution is 5.75. The van der Waals surface area contributed by atoms with Crippen molar-refractivity contribution in [3.63, 3.8) is 0 Å². The first-order valence-corrected chi connectivity index (χ1v) is 8.62. The first-order valence-electron chi connectivity index (χ1n) is 8.62. The summed E-state index contributed by atoms with van der Waals surface area (Å²) in [4.78, 5) is 11.9. The van der Waals surface area contributed by atoms with Crippen LogP contribution in [0.1, 0.15) is 36.8 Å². The van der Waals surface area contributed by atoms with E-state index in [-0.39, 0.29) is 12.5 Å². The highest BCUT2D eigenvalue weighted by Gasteiger charge is 2.27. The van der Waals surface area contributed by atoms with Crippen molar-refractivity contribution >= 4 is 5.91 Å². The molecule has 1 saturated heterocycles. The fraction of sp³-hybridized carbons (Fsp3) is 0.611. The van der Waals surface area contributed by atoms with E-state index in [0.29, 0.717) is 24.4 Å². The average molecular weight is 358 g/mol. The van der Waals surface area contributed by atoms with Crippen LogP contribution in [-0.2, 0) is 22.7 Å². The molecule has 0 saturated carbocycles. The monoisotopic (exact) mass is 358 g/mol. The molecule has 0 unspecified atom stereocenters.